The second-order valence-electron chi connectivity index (χ2n) is 4.36. The lowest BCUT2D eigenvalue weighted by Crippen LogP contribution is -2.13. The van der Waals surface area contributed by atoms with Gasteiger partial charge in [-0.05, 0) is 30.3 Å². The molecule has 0 unspecified atom stereocenters. The molecule has 4 nitrogen and oxygen atoms in total. The number of anilines is 1. The Bertz CT molecular complexity index is 804. The van der Waals surface area contributed by atoms with Gasteiger partial charge in [0.15, 0.2) is 9.84 Å². The summed E-state index contributed by atoms with van der Waals surface area (Å²) in [5, 5.41) is 3.14. The normalized spacial score (nSPS) is 11.2. The lowest BCUT2D eigenvalue weighted by Gasteiger charge is -2.09. The molecule has 110 valence electrons. The molecule has 0 saturated heterocycles. The van der Waals surface area contributed by atoms with Crippen LogP contribution < -0.4 is 5.32 Å². The molecular formula is C14H11Cl2NO3S. The highest BCUT2D eigenvalue weighted by molar-refractivity contribution is 7.90. The first-order valence-electron chi connectivity index (χ1n) is 5.84. The van der Waals surface area contributed by atoms with E-state index in [1.54, 1.807) is 18.2 Å². The van der Waals surface area contributed by atoms with Gasteiger partial charge in [0, 0.05) is 11.8 Å². The van der Waals surface area contributed by atoms with Crippen molar-refractivity contribution in [2.24, 2.45) is 0 Å². The van der Waals surface area contributed by atoms with E-state index in [9.17, 15) is 13.2 Å². The van der Waals surface area contributed by atoms with Crippen molar-refractivity contribution in [2.45, 2.75) is 4.90 Å². The first-order valence-corrected chi connectivity index (χ1v) is 8.49. The van der Waals surface area contributed by atoms with E-state index >= 15 is 0 Å². The summed E-state index contributed by atoms with van der Waals surface area (Å²) in [6, 6.07) is 10.6. The minimum absolute atomic E-state index is 0.0762. The summed E-state index contributed by atoms with van der Waals surface area (Å²) in [5.41, 5.74) is 0.577. The van der Waals surface area contributed by atoms with E-state index in [4.69, 9.17) is 23.2 Å². The monoisotopic (exact) mass is 343 g/mol. The van der Waals surface area contributed by atoms with E-state index in [2.05, 4.69) is 5.32 Å². The SMILES string of the molecule is CS(=O)(=O)c1cccc(C(=O)Nc2cccc(Cl)c2Cl)c1. The van der Waals surface area contributed by atoms with Crippen LogP contribution in [0.25, 0.3) is 0 Å². The van der Waals surface area contributed by atoms with Crippen molar-refractivity contribution in [2.75, 3.05) is 11.6 Å². The van der Waals surface area contributed by atoms with Gasteiger partial charge < -0.3 is 5.32 Å². The maximum atomic E-state index is 12.1. The van der Waals surface area contributed by atoms with Gasteiger partial charge in [-0.1, -0.05) is 35.3 Å². The van der Waals surface area contributed by atoms with Crippen LogP contribution in [-0.2, 0) is 9.84 Å². The summed E-state index contributed by atoms with van der Waals surface area (Å²) < 4.78 is 23.0. The average molecular weight is 344 g/mol. The highest BCUT2D eigenvalue weighted by Gasteiger charge is 2.13. The highest BCUT2D eigenvalue weighted by atomic mass is 35.5. The lowest BCUT2D eigenvalue weighted by molar-refractivity contribution is 0.102. The Morgan fingerprint density at radius 1 is 1.10 bits per heavy atom. The fraction of sp³-hybridized carbons (Fsp3) is 0.0714. The zero-order valence-corrected chi connectivity index (χ0v) is 13.3. The van der Waals surface area contributed by atoms with Gasteiger partial charge in [-0.25, -0.2) is 8.42 Å². The van der Waals surface area contributed by atoms with Crippen LogP contribution in [0.2, 0.25) is 10.0 Å². The summed E-state index contributed by atoms with van der Waals surface area (Å²) in [5.74, 6) is -0.468. The smallest absolute Gasteiger partial charge is 0.255 e. The molecule has 0 radical (unpaired) electrons. The summed E-state index contributed by atoms with van der Waals surface area (Å²) in [4.78, 5) is 12.2. The van der Waals surface area contributed by atoms with Crippen LogP contribution in [-0.4, -0.2) is 20.6 Å². The van der Waals surface area contributed by atoms with E-state index in [-0.39, 0.29) is 15.5 Å². The summed E-state index contributed by atoms with van der Waals surface area (Å²) >= 11 is 11.9. The predicted molar refractivity (Wildman–Crippen MR) is 84.0 cm³/mol. The zero-order valence-electron chi connectivity index (χ0n) is 10.9. The summed E-state index contributed by atoms with van der Waals surface area (Å²) in [6.07, 6.45) is 1.08. The molecule has 1 amide bonds. The maximum absolute atomic E-state index is 12.1. The van der Waals surface area contributed by atoms with Gasteiger partial charge in [0.2, 0.25) is 0 Å². The van der Waals surface area contributed by atoms with Crippen molar-refractivity contribution in [3.05, 3.63) is 58.1 Å². The largest absolute Gasteiger partial charge is 0.321 e. The third-order valence-electron chi connectivity index (χ3n) is 2.72. The fourth-order valence-corrected chi connectivity index (χ4v) is 2.68. The molecule has 0 aromatic heterocycles. The fourth-order valence-electron chi connectivity index (χ4n) is 1.66. The molecule has 0 spiro atoms. The molecule has 21 heavy (non-hydrogen) atoms. The number of hydrogen-bond acceptors (Lipinski definition) is 3. The van der Waals surface area contributed by atoms with Crippen molar-refractivity contribution in [1.29, 1.82) is 0 Å². The number of carbonyl (C=O) groups is 1. The van der Waals surface area contributed by atoms with E-state index < -0.39 is 15.7 Å². The molecule has 0 aliphatic rings. The van der Waals surface area contributed by atoms with E-state index in [1.807, 2.05) is 0 Å². The molecule has 0 bridgehead atoms. The quantitative estimate of drug-likeness (QED) is 0.924. The number of sulfone groups is 1. The molecule has 0 fully saturated rings. The second kappa shape index (κ2) is 6.05. The van der Waals surface area contributed by atoms with Gasteiger partial charge >= 0.3 is 0 Å². The van der Waals surface area contributed by atoms with Crippen LogP contribution in [0.3, 0.4) is 0 Å². The molecule has 1 N–H and O–H groups in total. The molecular weight excluding hydrogens is 333 g/mol. The minimum Gasteiger partial charge on any atom is -0.321 e. The van der Waals surface area contributed by atoms with Crippen molar-refractivity contribution < 1.29 is 13.2 Å². The molecule has 0 heterocycles. The number of nitrogens with one attached hydrogen (secondary N) is 1. The Morgan fingerprint density at radius 2 is 1.76 bits per heavy atom. The van der Waals surface area contributed by atoms with E-state index in [0.29, 0.717) is 10.7 Å². The molecule has 2 aromatic carbocycles. The average Bonchev–Trinajstić information content (AvgIpc) is 2.43. The van der Waals surface area contributed by atoms with Crippen LogP contribution in [0.4, 0.5) is 5.69 Å². The van der Waals surface area contributed by atoms with Gasteiger partial charge in [-0.15, -0.1) is 0 Å². The standard InChI is InChI=1S/C14H11Cl2NO3S/c1-21(19,20)10-5-2-4-9(8-10)14(18)17-12-7-3-6-11(15)13(12)16/h2-8H,1H3,(H,17,18). The number of carbonyl (C=O) groups excluding carboxylic acids is 1. The number of hydrogen-bond donors (Lipinski definition) is 1. The number of halogens is 2. The van der Waals surface area contributed by atoms with Crippen LogP contribution in [0.5, 0.6) is 0 Å². The van der Waals surface area contributed by atoms with Crippen molar-refractivity contribution >= 4 is 44.6 Å². The Hall–Kier alpha value is -1.56. The molecule has 0 aliphatic heterocycles. The lowest BCUT2D eigenvalue weighted by atomic mass is 10.2. The number of benzene rings is 2. The molecule has 0 atom stereocenters. The Labute approximate surface area is 132 Å². The van der Waals surface area contributed by atoms with Crippen molar-refractivity contribution in [3.63, 3.8) is 0 Å². The molecule has 0 saturated carbocycles. The topological polar surface area (TPSA) is 63.2 Å². The van der Waals surface area contributed by atoms with Gasteiger partial charge in [0.25, 0.3) is 5.91 Å². The predicted octanol–water partition coefficient (Wildman–Crippen LogP) is 3.65. The van der Waals surface area contributed by atoms with E-state index in [1.165, 1.54) is 24.3 Å². The van der Waals surface area contributed by atoms with Crippen molar-refractivity contribution in [1.82, 2.24) is 0 Å². The first kappa shape index (κ1) is 15.8. The highest BCUT2D eigenvalue weighted by Crippen LogP contribution is 2.29. The molecule has 2 aromatic rings. The van der Waals surface area contributed by atoms with Gasteiger partial charge in [-0.3, -0.25) is 4.79 Å². The summed E-state index contributed by atoms with van der Waals surface area (Å²) in [6.45, 7) is 0. The maximum Gasteiger partial charge on any atom is 0.255 e. The van der Waals surface area contributed by atoms with E-state index in [0.717, 1.165) is 6.26 Å². The zero-order chi connectivity index (χ0) is 15.6. The Balaban J connectivity index is 2.31. The number of rotatable bonds is 3. The first-order chi connectivity index (χ1) is 9.79. The molecule has 0 aliphatic carbocycles. The van der Waals surface area contributed by atoms with Gasteiger partial charge in [0.1, 0.15) is 0 Å². The molecule has 2 rings (SSSR count). The second-order valence-corrected chi connectivity index (χ2v) is 7.16. The van der Waals surface area contributed by atoms with Crippen molar-refractivity contribution in [3.8, 4) is 0 Å². The number of amides is 1. The van der Waals surface area contributed by atoms with Gasteiger partial charge in [0.05, 0.1) is 20.6 Å². The van der Waals surface area contributed by atoms with Crippen LogP contribution >= 0.6 is 23.2 Å². The summed E-state index contributed by atoms with van der Waals surface area (Å²) in [7, 11) is -3.37. The minimum atomic E-state index is -3.37. The third kappa shape index (κ3) is 3.75. The Kier molecular flexibility index (Phi) is 4.56. The third-order valence-corrected chi connectivity index (χ3v) is 4.65. The van der Waals surface area contributed by atoms with Gasteiger partial charge in [-0.2, -0.15) is 0 Å². The van der Waals surface area contributed by atoms with Crippen LogP contribution in [0.15, 0.2) is 47.4 Å². The Morgan fingerprint density at radius 3 is 2.43 bits per heavy atom. The van der Waals surface area contributed by atoms with Crippen LogP contribution in [0.1, 0.15) is 10.4 Å². The van der Waals surface area contributed by atoms with Crippen LogP contribution in [0, 0.1) is 0 Å². The molecule has 7 heteroatoms.